The summed E-state index contributed by atoms with van der Waals surface area (Å²) in [7, 11) is 0. The average Bonchev–Trinajstić information content (AvgIpc) is 2.15. The highest BCUT2D eigenvalue weighted by Gasteiger charge is 2.00. The molecule has 2 nitrogen and oxygen atoms in total. The predicted octanol–water partition coefficient (Wildman–Crippen LogP) is 2.82. The molecule has 0 spiro atoms. The number of benzene rings is 1. The summed E-state index contributed by atoms with van der Waals surface area (Å²) in [6, 6.07) is 4.26. The number of hydrogen-bond acceptors (Lipinski definition) is 1. The molecule has 0 atom stereocenters. The minimum atomic E-state index is -1.05. The van der Waals surface area contributed by atoms with Gasteiger partial charge in [0.1, 0.15) is 5.82 Å². The Hall–Kier alpha value is -1.16. The van der Waals surface area contributed by atoms with Crippen LogP contribution in [0, 0.1) is 5.82 Å². The van der Waals surface area contributed by atoms with Crippen LogP contribution in [0.1, 0.15) is 11.1 Å². The van der Waals surface area contributed by atoms with E-state index in [2.05, 4.69) is 15.9 Å². The number of hydrogen-bond donors (Lipinski definition) is 1. The molecule has 0 fully saturated rings. The Kier molecular flexibility index (Phi) is 3.83. The SMILES string of the molecule is O=C(O)/C=C/c1cc(F)ccc1CBr. The zero-order chi connectivity index (χ0) is 10.6. The summed E-state index contributed by atoms with van der Waals surface area (Å²) < 4.78 is 12.8. The van der Waals surface area contributed by atoms with Crippen molar-refractivity contribution in [3.63, 3.8) is 0 Å². The fourth-order valence-corrected chi connectivity index (χ4v) is 1.51. The second-order valence-corrected chi connectivity index (χ2v) is 3.21. The standard InChI is InChI=1S/C10H8BrFO2/c11-6-8-1-3-9(12)5-7(8)2-4-10(13)14/h1-5H,6H2,(H,13,14)/b4-2+. The van der Waals surface area contributed by atoms with Crippen LogP contribution < -0.4 is 0 Å². The zero-order valence-electron chi connectivity index (χ0n) is 7.21. The van der Waals surface area contributed by atoms with Crippen molar-refractivity contribution < 1.29 is 14.3 Å². The van der Waals surface area contributed by atoms with Gasteiger partial charge in [-0.05, 0) is 29.3 Å². The molecule has 1 aromatic rings. The summed E-state index contributed by atoms with van der Waals surface area (Å²) >= 11 is 3.24. The zero-order valence-corrected chi connectivity index (χ0v) is 8.79. The number of halogens is 2. The molecule has 0 radical (unpaired) electrons. The van der Waals surface area contributed by atoms with E-state index >= 15 is 0 Å². The topological polar surface area (TPSA) is 37.3 Å². The van der Waals surface area contributed by atoms with Crippen LogP contribution in [0.3, 0.4) is 0 Å². The van der Waals surface area contributed by atoms with Gasteiger partial charge < -0.3 is 5.11 Å². The number of carboxylic acids is 1. The van der Waals surface area contributed by atoms with Crippen LogP contribution in [0.2, 0.25) is 0 Å². The Balaban J connectivity index is 3.04. The summed E-state index contributed by atoms with van der Waals surface area (Å²) in [5.74, 6) is -1.42. The maximum Gasteiger partial charge on any atom is 0.328 e. The van der Waals surface area contributed by atoms with Crippen LogP contribution in [0.15, 0.2) is 24.3 Å². The third-order valence-electron chi connectivity index (χ3n) is 1.66. The molecule has 0 amide bonds. The van der Waals surface area contributed by atoms with Crippen molar-refractivity contribution >= 4 is 28.0 Å². The molecule has 0 aromatic heterocycles. The Morgan fingerprint density at radius 2 is 2.29 bits per heavy atom. The first-order valence-corrected chi connectivity index (χ1v) is 5.01. The van der Waals surface area contributed by atoms with Crippen molar-refractivity contribution in [2.45, 2.75) is 5.33 Å². The van der Waals surface area contributed by atoms with E-state index in [0.717, 1.165) is 11.6 Å². The van der Waals surface area contributed by atoms with Crippen LogP contribution >= 0.6 is 15.9 Å². The molecule has 0 aliphatic carbocycles. The molecule has 0 aliphatic rings. The van der Waals surface area contributed by atoms with E-state index < -0.39 is 5.97 Å². The first-order chi connectivity index (χ1) is 6.63. The molecule has 0 heterocycles. The molecule has 74 valence electrons. The summed E-state index contributed by atoms with van der Waals surface area (Å²) in [6.45, 7) is 0. The van der Waals surface area contributed by atoms with Gasteiger partial charge in [0.15, 0.2) is 0 Å². The third kappa shape index (κ3) is 2.96. The third-order valence-corrected chi connectivity index (χ3v) is 2.26. The number of aliphatic carboxylic acids is 1. The second-order valence-electron chi connectivity index (χ2n) is 2.65. The quantitative estimate of drug-likeness (QED) is 0.669. The van der Waals surface area contributed by atoms with Crippen molar-refractivity contribution in [3.05, 3.63) is 41.2 Å². The van der Waals surface area contributed by atoms with Gasteiger partial charge in [-0.15, -0.1) is 0 Å². The highest BCUT2D eigenvalue weighted by molar-refractivity contribution is 9.08. The van der Waals surface area contributed by atoms with Gasteiger partial charge in [0.25, 0.3) is 0 Å². The molecule has 1 rings (SSSR count). The second kappa shape index (κ2) is 4.91. The molecular weight excluding hydrogens is 251 g/mol. The highest BCUT2D eigenvalue weighted by atomic mass is 79.9. The van der Waals surface area contributed by atoms with Crippen LogP contribution in [0.4, 0.5) is 4.39 Å². The maximum atomic E-state index is 12.8. The molecule has 0 saturated heterocycles. The number of carboxylic acid groups (broad SMARTS) is 1. The molecule has 0 aliphatic heterocycles. The van der Waals surface area contributed by atoms with Crippen LogP contribution in [-0.4, -0.2) is 11.1 Å². The van der Waals surface area contributed by atoms with Gasteiger partial charge in [0.05, 0.1) is 0 Å². The molecule has 14 heavy (non-hydrogen) atoms. The van der Waals surface area contributed by atoms with Gasteiger partial charge >= 0.3 is 5.97 Å². The molecule has 0 bridgehead atoms. The smallest absolute Gasteiger partial charge is 0.328 e. The summed E-state index contributed by atoms with van der Waals surface area (Å²) in [5.41, 5.74) is 1.42. The van der Waals surface area contributed by atoms with E-state index in [9.17, 15) is 9.18 Å². The average molecular weight is 259 g/mol. The van der Waals surface area contributed by atoms with Gasteiger partial charge in [-0.25, -0.2) is 9.18 Å². The van der Waals surface area contributed by atoms with Gasteiger partial charge in [0.2, 0.25) is 0 Å². The van der Waals surface area contributed by atoms with Crippen molar-refractivity contribution in [2.24, 2.45) is 0 Å². The maximum absolute atomic E-state index is 12.8. The van der Waals surface area contributed by atoms with Crippen molar-refractivity contribution in [1.29, 1.82) is 0 Å². The van der Waals surface area contributed by atoms with E-state index in [1.807, 2.05) is 0 Å². The Labute approximate surface area is 89.2 Å². The van der Waals surface area contributed by atoms with Crippen LogP contribution in [0.5, 0.6) is 0 Å². The Morgan fingerprint density at radius 3 is 2.86 bits per heavy atom. The number of carbonyl (C=O) groups is 1. The van der Waals surface area contributed by atoms with E-state index in [4.69, 9.17) is 5.11 Å². The first kappa shape index (κ1) is 10.9. The fraction of sp³-hybridized carbons (Fsp3) is 0.100. The van der Waals surface area contributed by atoms with Crippen LogP contribution in [-0.2, 0) is 10.1 Å². The number of alkyl halides is 1. The minimum absolute atomic E-state index is 0.375. The van der Waals surface area contributed by atoms with Crippen molar-refractivity contribution in [2.75, 3.05) is 0 Å². The Morgan fingerprint density at radius 1 is 1.57 bits per heavy atom. The lowest BCUT2D eigenvalue weighted by Crippen LogP contribution is -1.89. The summed E-state index contributed by atoms with van der Waals surface area (Å²) in [6.07, 6.45) is 2.36. The molecule has 0 unspecified atom stereocenters. The van der Waals surface area contributed by atoms with E-state index in [1.54, 1.807) is 6.07 Å². The van der Waals surface area contributed by atoms with E-state index in [1.165, 1.54) is 18.2 Å². The highest BCUT2D eigenvalue weighted by Crippen LogP contribution is 2.15. The van der Waals surface area contributed by atoms with Gasteiger partial charge in [-0.2, -0.15) is 0 Å². The molecule has 1 N–H and O–H groups in total. The largest absolute Gasteiger partial charge is 0.478 e. The van der Waals surface area contributed by atoms with Crippen LogP contribution in [0.25, 0.3) is 6.08 Å². The summed E-state index contributed by atoms with van der Waals surface area (Å²) in [4.78, 5) is 10.3. The van der Waals surface area contributed by atoms with Crippen molar-refractivity contribution in [3.8, 4) is 0 Å². The minimum Gasteiger partial charge on any atom is -0.478 e. The van der Waals surface area contributed by atoms with Crippen molar-refractivity contribution in [1.82, 2.24) is 0 Å². The molecule has 1 aromatic carbocycles. The lowest BCUT2D eigenvalue weighted by molar-refractivity contribution is -0.131. The molecule has 0 saturated carbocycles. The normalized spacial score (nSPS) is 10.7. The Bertz CT molecular complexity index is 374. The van der Waals surface area contributed by atoms with Gasteiger partial charge in [-0.3, -0.25) is 0 Å². The van der Waals surface area contributed by atoms with Gasteiger partial charge in [0, 0.05) is 11.4 Å². The predicted molar refractivity (Wildman–Crippen MR) is 55.7 cm³/mol. The first-order valence-electron chi connectivity index (χ1n) is 3.89. The summed E-state index contributed by atoms with van der Waals surface area (Å²) in [5, 5.41) is 8.98. The fourth-order valence-electron chi connectivity index (χ4n) is 1.00. The van der Waals surface area contributed by atoms with E-state index in [-0.39, 0.29) is 5.82 Å². The monoisotopic (exact) mass is 258 g/mol. The lowest BCUT2D eigenvalue weighted by atomic mass is 10.1. The molecule has 4 heteroatoms. The lowest BCUT2D eigenvalue weighted by Gasteiger charge is -2.01. The number of rotatable bonds is 3. The molecular formula is C10H8BrFO2. The van der Waals surface area contributed by atoms with E-state index in [0.29, 0.717) is 10.9 Å². The van der Waals surface area contributed by atoms with Gasteiger partial charge in [-0.1, -0.05) is 22.0 Å².